The third kappa shape index (κ3) is 1.62. The SMILES string of the molecule is C#CCc1c[c]ccc1. The molecule has 9 heavy (non-hydrogen) atoms. The maximum Gasteiger partial charge on any atom is 0.0337 e. The van der Waals surface area contributed by atoms with Gasteiger partial charge in [0.05, 0.1) is 0 Å². The molecule has 1 aromatic rings. The lowest BCUT2D eigenvalue weighted by Gasteiger charge is -1.89. The van der Waals surface area contributed by atoms with Gasteiger partial charge in [-0.3, -0.25) is 0 Å². The molecule has 43 valence electrons. The summed E-state index contributed by atoms with van der Waals surface area (Å²) < 4.78 is 0. The minimum absolute atomic E-state index is 0.706. The van der Waals surface area contributed by atoms with E-state index in [4.69, 9.17) is 6.42 Å². The van der Waals surface area contributed by atoms with Crippen molar-refractivity contribution >= 4 is 0 Å². The van der Waals surface area contributed by atoms with Crippen LogP contribution in [0.2, 0.25) is 0 Å². The zero-order valence-corrected chi connectivity index (χ0v) is 5.09. The highest BCUT2D eigenvalue weighted by atomic mass is 13.9. The first-order valence-electron chi connectivity index (χ1n) is 2.82. The van der Waals surface area contributed by atoms with Crippen LogP contribution in [-0.4, -0.2) is 0 Å². The van der Waals surface area contributed by atoms with Crippen LogP contribution in [0.4, 0.5) is 0 Å². The lowest BCUT2D eigenvalue weighted by Crippen LogP contribution is -1.76. The summed E-state index contributed by atoms with van der Waals surface area (Å²) in [5.74, 6) is 2.56. The lowest BCUT2D eigenvalue weighted by atomic mass is 10.2. The molecule has 1 aromatic carbocycles. The van der Waals surface area contributed by atoms with Crippen LogP contribution in [0.3, 0.4) is 0 Å². The quantitative estimate of drug-likeness (QED) is 0.488. The van der Waals surface area contributed by atoms with Crippen LogP contribution >= 0.6 is 0 Å². The molecule has 0 aliphatic heterocycles. The van der Waals surface area contributed by atoms with Gasteiger partial charge in [-0.1, -0.05) is 24.3 Å². The van der Waals surface area contributed by atoms with Gasteiger partial charge in [-0.15, -0.1) is 12.3 Å². The molecular weight excluding hydrogens is 108 g/mol. The van der Waals surface area contributed by atoms with E-state index in [-0.39, 0.29) is 0 Å². The molecule has 0 heteroatoms. The Morgan fingerprint density at radius 1 is 1.67 bits per heavy atom. The molecule has 1 rings (SSSR count). The second kappa shape index (κ2) is 2.94. The molecule has 0 aliphatic rings. The fourth-order valence-electron chi connectivity index (χ4n) is 0.658. The summed E-state index contributed by atoms with van der Waals surface area (Å²) in [6.45, 7) is 0. The van der Waals surface area contributed by atoms with Crippen LogP contribution in [0.25, 0.3) is 0 Å². The summed E-state index contributed by atoms with van der Waals surface area (Å²) in [4.78, 5) is 0. The Kier molecular flexibility index (Phi) is 1.93. The van der Waals surface area contributed by atoms with Crippen molar-refractivity contribution < 1.29 is 0 Å². The molecule has 0 spiro atoms. The van der Waals surface area contributed by atoms with Crippen molar-refractivity contribution in [3.8, 4) is 12.3 Å². The number of hydrogen-bond donors (Lipinski definition) is 0. The van der Waals surface area contributed by atoms with Crippen LogP contribution in [0.15, 0.2) is 24.3 Å². The highest BCUT2D eigenvalue weighted by Gasteiger charge is 1.82. The summed E-state index contributed by atoms with van der Waals surface area (Å²) in [6, 6.07) is 10.6. The van der Waals surface area contributed by atoms with Crippen LogP contribution in [0.5, 0.6) is 0 Å². The maximum atomic E-state index is 5.10. The number of hydrogen-bond acceptors (Lipinski definition) is 0. The Bertz CT molecular complexity index is 203. The normalized spacial score (nSPS) is 8.33. The number of rotatable bonds is 1. The third-order valence-electron chi connectivity index (χ3n) is 1.08. The Morgan fingerprint density at radius 2 is 2.56 bits per heavy atom. The Labute approximate surface area is 55.5 Å². The van der Waals surface area contributed by atoms with Gasteiger partial charge in [0, 0.05) is 6.42 Å². The minimum atomic E-state index is 0.706. The summed E-state index contributed by atoms with van der Waals surface area (Å²) in [5.41, 5.74) is 1.15. The molecule has 0 nitrogen and oxygen atoms in total. The summed E-state index contributed by atoms with van der Waals surface area (Å²) in [6.07, 6.45) is 5.80. The van der Waals surface area contributed by atoms with Gasteiger partial charge in [0.25, 0.3) is 0 Å². The molecule has 0 heterocycles. The van der Waals surface area contributed by atoms with Gasteiger partial charge in [-0.2, -0.15) is 0 Å². The molecule has 0 saturated heterocycles. The first kappa shape index (κ1) is 5.91. The molecule has 0 bridgehead atoms. The zero-order chi connectivity index (χ0) is 6.53. The predicted octanol–water partition coefficient (Wildman–Crippen LogP) is 1.66. The Balaban J connectivity index is 2.76. The maximum absolute atomic E-state index is 5.10. The molecule has 1 radical (unpaired) electrons. The smallest absolute Gasteiger partial charge is 0.0337 e. The Morgan fingerprint density at radius 3 is 3.11 bits per heavy atom. The first-order chi connectivity index (χ1) is 4.43. The highest BCUT2D eigenvalue weighted by Crippen LogP contribution is 1.96. The lowest BCUT2D eigenvalue weighted by molar-refractivity contribution is 1.32. The summed E-state index contributed by atoms with van der Waals surface area (Å²) in [7, 11) is 0. The van der Waals surface area contributed by atoms with E-state index < -0.39 is 0 Å². The predicted molar refractivity (Wildman–Crippen MR) is 37.8 cm³/mol. The van der Waals surface area contributed by atoms with E-state index in [0.717, 1.165) is 5.56 Å². The average Bonchev–Trinajstić information content (AvgIpc) is 1.91. The van der Waals surface area contributed by atoms with Gasteiger partial charge in [0.1, 0.15) is 0 Å². The fourth-order valence-corrected chi connectivity index (χ4v) is 0.658. The average molecular weight is 115 g/mol. The molecule has 0 fully saturated rings. The van der Waals surface area contributed by atoms with Crippen molar-refractivity contribution in [2.75, 3.05) is 0 Å². The van der Waals surface area contributed by atoms with Crippen LogP contribution in [0, 0.1) is 18.4 Å². The van der Waals surface area contributed by atoms with Gasteiger partial charge >= 0.3 is 0 Å². The van der Waals surface area contributed by atoms with Gasteiger partial charge in [-0.05, 0) is 11.6 Å². The highest BCUT2D eigenvalue weighted by molar-refractivity contribution is 5.18. The van der Waals surface area contributed by atoms with Crippen molar-refractivity contribution in [2.24, 2.45) is 0 Å². The van der Waals surface area contributed by atoms with Crippen LogP contribution < -0.4 is 0 Å². The molecular formula is C9H7. The number of benzene rings is 1. The Hall–Kier alpha value is -1.22. The van der Waals surface area contributed by atoms with E-state index in [1.54, 1.807) is 0 Å². The van der Waals surface area contributed by atoms with Gasteiger partial charge in [-0.25, -0.2) is 0 Å². The van der Waals surface area contributed by atoms with E-state index in [1.165, 1.54) is 0 Å². The standard InChI is InChI=1S/C9H7/c1-2-6-9-7-4-3-5-8-9/h1,3-4,7-8H,6H2. The monoisotopic (exact) mass is 115 g/mol. The van der Waals surface area contributed by atoms with E-state index in [1.807, 2.05) is 24.3 Å². The van der Waals surface area contributed by atoms with E-state index in [2.05, 4.69) is 12.0 Å². The first-order valence-corrected chi connectivity index (χ1v) is 2.82. The van der Waals surface area contributed by atoms with E-state index in [0.29, 0.717) is 6.42 Å². The van der Waals surface area contributed by atoms with Crippen molar-refractivity contribution in [3.63, 3.8) is 0 Å². The van der Waals surface area contributed by atoms with Gasteiger partial charge < -0.3 is 0 Å². The molecule has 0 N–H and O–H groups in total. The van der Waals surface area contributed by atoms with Crippen LogP contribution in [-0.2, 0) is 6.42 Å². The van der Waals surface area contributed by atoms with E-state index >= 15 is 0 Å². The second-order valence-corrected chi connectivity index (χ2v) is 1.79. The number of terminal acetylenes is 1. The topological polar surface area (TPSA) is 0 Å². The molecule has 0 unspecified atom stereocenters. The van der Waals surface area contributed by atoms with Crippen LogP contribution in [0.1, 0.15) is 5.56 Å². The fraction of sp³-hybridized carbons (Fsp3) is 0.111. The van der Waals surface area contributed by atoms with Gasteiger partial charge in [0.15, 0.2) is 0 Å². The van der Waals surface area contributed by atoms with Crippen molar-refractivity contribution in [1.29, 1.82) is 0 Å². The van der Waals surface area contributed by atoms with E-state index in [9.17, 15) is 0 Å². The molecule has 0 atom stereocenters. The molecule has 0 saturated carbocycles. The second-order valence-electron chi connectivity index (χ2n) is 1.79. The molecule has 0 aromatic heterocycles. The van der Waals surface area contributed by atoms with Gasteiger partial charge in [0.2, 0.25) is 0 Å². The van der Waals surface area contributed by atoms with Crippen molar-refractivity contribution in [1.82, 2.24) is 0 Å². The molecule has 0 aliphatic carbocycles. The summed E-state index contributed by atoms with van der Waals surface area (Å²) >= 11 is 0. The van der Waals surface area contributed by atoms with Crippen molar-refractivity contribution in [3.05, 3.63) is 35.9 Å². The summed E-state index contributed by atoms with van der Waals surface area (Å²) in [5, 5.41) is 0. The zero-order valence-electron chi connectivity index (χ0n) is 5.09. The minimum Gasteiger partial charge on any atom is -0.120 e. The van der Waals surface area contributed by atoms with Crippen molar-refractivity contribution in [2.45, 2.75) is 6.42 Å². The largest absolute Gasteiger partial charge is 0.120 e. The third-order valence-corrected chi connectivity index (χ3v) is 1.08. The molecule has 0 amide bonds.